The van der Waals surface area contributed by atoms with Gasteiger partial charge >= 0.3 is 6.03 Å². The van der Waals surface area contributed by atoms with Gasteiger partial charge in [-0.2, -0.15) is 0 Å². The van der Waals surface area contributed by atoms with Crippen LogP contribution >= 0.6 is 21.7 Å². The van der Waals surface area contributed by atoms with Crippen LogP contribution in [0.3, 0.4) is 0 Å². The van der Waals surface area contributed by atoms with E-state index in [2.05, 4.69) is 10.3 Å². The summed E-state index contributed by atoms with van der Waals surface area (Å²) in [6, 6.07) is 8.09. The van der Waals surface area contributed by atoms with Crippen LogP contribution in [0.25, 0.3) is 11.3 Å². The van der Waals surface area contributed by atoms with Crippen LogP contribution in [-0.2, 0) is 0 Å². The summed E-state index contributed by atoms with van der Waals surface area (Å²) in [4.78, 5) is 26.0. The van der Waals surface area contributed by atoms with Crippen molar-refractivity contribution in [2.75, 3.05) is 5.32 Å². The maximum absolute atomic E-state index is 11.3. The van der Waals surface area contributed by atoms with Crippen LogP contribution in [0.1, 0.15) is 10.4 Å². The van der Waals surface area contributed by atoms with E-state index in [9.17, 15) is 9.59 Å². The van der Waals surface area contributed by atoms with Crippen molar-refractivity contribution in [3.8, 4) is 11.3 Å². The number of primary amides is 2. The molecule has 0 unspecified atom stereocenters. The molecular formula is C12H11ClN4O2S. The van der Waals surface area contributed by atoms with Crippen LogP contribution < -0.4 is 16.8 Å². The van der Waals surface area contributed by atoms with Gasteiger partial charge < -0.3 is 16.5 Å². The quantitative estimate of drug-likeness (QED) is 0.695. The second-order valence-corrected chi connectivity index (χ2v) is 5.02. The first kappa shape index (κ1) is 14.3. The van der Waals surface area contributed by atoms with Crippen LogP contribution in [0.2, 0.25) is 0 Å². The van der Waals surface area contributed by atoms with E-state index in [1.165, 1.54) is 0 Å². The van der Waals surface area contributed by atoms with Crippen molar-refractivity contribution in [3.05, 3.63) is 35.9 Å². The van der Waals surface area contributed by atoms with Crippen molar-refractivity contribution in [2.45, 2.75) is 4.90 Å². The molecule has 0 saturated heterocycles. The number of amides is 3. The van der Waals surface area contributed by atoms with Crippen LogP contribution in [0.5, 0.6) is 0 Å². The smallest absolute Gasteiger partial charge is 0.317 e. The summed E-state index contributed by atoms with van der Waals surface area (Å²) in [5, 5.41) is 2.32. The monoisotopic (exact) mass is 310 g/mol. The normalized spacial score (nSPS) is 10.2. The topological polar surface area (TPSA) is 114 Å². The van der Waals surface area contributed by atoms with Crippen LogP contribution in [0.15, 0.2) is 35.2 Å². The fraction of sp³-hybridized carbons (Fsp3) is 0. The number of carbonyl (C=O) groups excluding carboxylic acids is 2. The molecule has 0 aliphatic rings. The highest BCUT2D eigenvalue weighted by Crippen LogP contribution is 2.28. The van der Waals surface area contributed by atoms with Crippen molar-refractivity contribution in [2.24, 2.45) is 11.5 Å². The largest absolute Gasteiger partial charge is 0.365 e. The summed E-state index contributed by atoms with van der Waals surface area (Å²) in [6.07, 6.45) is 0. The standard InChI is InChI=1S/C12H11ClN4O2S/c13-20-7-3-1-6(2-4-7)9-5-8(10(14)18)11(16-9)17-12(15)19/h1-5,16H,(H2,14,18)(H3,15,17,19). The predicted octanol–water partition coefficient (Wildman–Crippen LogP) is 2.52. The van der Waals surface area contributed by atoms with Crippen LogP contribution in [0.4, 0.5) is 10.6 Å². The Balaban J connectivity index is 2.41. The minimum absolute atomic E-state index is 0.162. The Morgan fingerprint density at radius 2 is 1.85 bits per heavy atom. The molecule has 0 bridgehead atoms. The Labute approximate surface area is 123 Å². The van der Waals surface area contributed by atoms with E-state index in [0.717, 1.165) is 21.4 Å². The molecule has 104 valence electrons. The molecule has 8 heteroatoms. The number of rotatable bonds is 4. The number of nitrogens with two attached hydrogens (primary N) is 2. The van der Waals surface area contributed by atoms with Gasteiger partial charge in [0, 0.05) is 10.6 Å². The number of H-pyrrole nitrogens is 1. The minimum atomic E-state index is -0.783. The number of aromatic nitrogens is 1. The number of halogens is 1. The highest BCUT2D eigenvalue weighted by Gasteiger charge is 2.15. The Morgan fingerprint density at radius 3 is 2.35 bits per heavy atom. The van der Waals surface area contributed by atoms with Gasteiger partial charge in [0.1, 0.15) is 5.82 Å². The first-order valence-electron chi connectivity index (χ1n) is 5.49. The van der Waals surface area contributed by atoms with Gasteiger partial charge in [-0.15, -0.1) is 0 Å². The van der Waals surface area contributed by atoms with Crippen molar-refractivity contribution in [1.29, 1.82) is 0 Å². The molecule has 20 heavy (non-hydrogen) atoms. The van der Waals surface area contributed by atoms with Crippen molar-refractivity contribution in [3.63, 3.8) is 0 Å². The van der Waals surface area contributed by atoms with Crippen molar-refractivity contribution < 1.29 is 9.59 Å². The Bertz CT molecular complexity index is 654. The number of benzene rings is 1. The predicted molar refractivity (Wildman–Crippen MR) is 79.7 cm³/mol. The summed E-state index contributed by atoms with van der Waals surface area (Å²) in [7, 11) is 6.75. The third-order valence-corrected chi connectivity index (χ3v) is 3.57. The summed E-state index contributed by atoms with van der Waals surface area (Å²) in [5.74, 6) is -0.486. The lowest BCUT2D eigenvalue weighted by atomic mass is 10.1. The van der Waals surface area contributed by atoms with Crippen molar-refractivity contribution >= 4 is 39.4 Å². The molecule has 1 heterocycles. The van der Waals surface area contributed by atoms with Gasteiger partial charge in [0.15, 0.2) is 0 Å². The van der Waals surface area contributed by atoms with Gasteiger partial charge in [-0.25, -0.2) is 4.79 Å². The molecule has 1 aromatic heterocycles. The Kier molecular flexibility index (Phi) is 4.21. The molecule has 6 N–H and O–H groups in total. The molecule has 0 aliphatic carbocycles. The van der Waals surface area contributed by atoms with Gasteiger partial charge in [0.05, 0.1) is 5.56 Å². The third-order valence-electron chi connectivity index (χ3n) is 2.59. The zero-order valence-corrected chi connectivity index (χ0v) is 11.7. The average molecular weight is 311 g/mol. The maximum Gasteiger partial charge on any atom is 0.317 e. The van der Waals surface area contributed by atoms with Crippen molar-refractivity contribution in [1.82, 2.24) is 4.98 Å². The highest BCUT2D eigenvalue weighted by molar-refractivity contribution is 8.21. The number of carbonyl (C=O) groups is 2. The number of aromatic amines is 1. The summed E-state index contributed by atoms with van der Waals surface area (Å²) >= 11 is 0. The minimum Gasteiger partial charge on any atom is -0.365 e. The average Bonchev–Trinajstić information content (AvgIpc) is 2.82. The number of anilines is 1. The molecule has 2 rings (SSSR count). The molecule has 0 aliphatic heterocycles. The molecule has 0 spiro atoms. The van der Waals surface area contributed by atoms with Gasteiger partial charge in [-0.1, -0.05) is 12.1 Å². The molecule has 6 nitrogen and oxygen atoms in total. The first-order chi connectivity index (χ1) is 9.51. The SMILES string of the molecule is NC(=O)Nc1[nH]c(-c2ccc(SCl)cc2)cc1C(N)=O. The molecule has 0 atom stereocenters. The first-order valence-corrected chi connectivity index (χ1v) is 7.14. The van der Waals surface area contributed by atoms with E-state index in [4.69, 9.17) is 22.1 Å². The molecule has 3 amide bonds. The number of hydrogen-bond acceptors (Lipinski definition) is 3. The molecule has 0 saturated carbocycles. The zero-order valence-electron chi connectivity index (χ0n) is 10.1. The molecular weight excluding hydrogens is 300 g/mol. The lowest BCUT2D eigenvalue weighted by molar-refractivity contribution is 0.100. The van der Waals surface area contributed by atoms with Gasteiger partial charge in [-0.3, -0.25) is 10.1 Å². The number of urea groups is 1. The van der Waals surface area contributed by atoms with Crippen LogP contribution in [0, 0.1) is 0 Å². The highest BCUT2D eigenvalue weighted by atomic mass is 35.7. The summed E-state index contributed by atoms with van der Waals surface area (Å²) in [6.45, 7) is 0. The summed E-state index contributed by atoms with van der Waals surface area (Å²) < 4.78 is 0. The molecule has 1 aromatic carbocycles. The van der Waals surface area contributed by atoms with Gasteiger partial charge in [-0.05, 0) is 45.4 Å². The zero-order chi connectivity index (χ0) is 14.7. The van der Waals surface area contributed by atoms with Crippen LogP contribution in [-0.4, -0.2) is 16.9 Å². The van der Waals surface area contributed by atoms with Gasteiger partial charge in [0.2, 0.25) is 0 Å². The summed E-state index contributed by atoms with van der Waals surface area (Å²) in [5.41, 5.74) is 11.9. The van der Waals surface area contributed by atoms with E-state index in [0.29, 0.717) is 5.69 Å². The molecule has 0 fully saturated rings. The Morgan fingerprint density at radius 1 is 1.20 bits per heavy atom. The fourth-order valence-electron chi connectivity index (χ4n) is 1.71. The number of hydrogen-bond donors (Lipinski definition) is 4. The fourth-order valence-corrected chi connectivity index (χ4v) is 2.26. The molecule has 0 radical (unpaired) electrons. The lowest BCUT2D eigenvalue weighted by Crippen LogP contribution is -2.22. The lowest BCUT2D eigenvalue weighted by Gasteiger charge is -2.01. The van der Waals surface area contributed by atoms with E-state index >= 15 is 0 Å². The van der Waals surface area contributed by atoms with E-state index in [1.54, 1.807) is 6.07 Å². The Hall–Kier alpha value is -2.12. The third kappa shape index (κ3) is 3.06. The second-order valence-electron chi connectivity index (χ2n) is 3.93. The molecule has 2 aromatic rings. The number of nitrogens with one attached hydrogen (secondary N) is 2. The van der Waals surface area contributed by atoms with Gasteiger partial charge in [0.25, 0.3) is 5.91 Å². The van der Waals surface area contributed by atoms with E-state index in [1.807, 2.05) is 24.3 Å². The maximum atomic E-state index is 11.3. The van der Waals surface area contributed by atoms with E-state index < -0.39 is 11.9 Å². The van der Waals surface area contributed by atoms with E-state index in [-0.39, 0.29) is 11.4 Å². The second kappa shape index (κ2) is 5.89.